The minimum Gasteiger partial charge on any atom is -0.345 e. The zero-order valence-electron chi connectivity index (χ0n) is 5.33. The number of hydrogen-bond acceptors (Lipinski definition) is 1. The Balaban J connectivity index is 0.000000500. The summed E-state index contributed by atoms with van der Waals surface area (Å²) in [4.78, 5) is 7.07. The van der Waals surface area contributed by atoms with Crippen LogP contribution in [0.4, 0.5) is 0 Å². The summed E-state index contributed by atoms with van der Waals surface area (Å²) in [6.45, 7) is 0. The van der Waals surface area contributed by atoms with Crippen LogP contribution in [0.25, 0.3) is 11.0 Å². The number of aromatic amines is 1. The second kappa shape index (κ2) is 3.12. The van der Waals surface area contributed by atoms with Gasteiger partial charge in [-0.1, -0.05) is 12.1 Å². The van der Waals surface area contributed by atoms with Gasteiger partial charge in [0.1, 0.15) is 0 Å². The molecule has 0 bridgehead atoms. The molecular formula is C7H8N2Po. The minimum atomic E-state index is 0. The zero-order valence-corrected chi connectivity index (χ0v) is 9.22. The van der Waals surface area contributed by atoms with E-state index in [1.165, 1.54) is 0 Å². The van der Waals surface area contributed by atoms with Gasteiger partial charge < -0.3 is 4.98 Å². The van der Waals surface area contributed by atoms with Gasteiger partial charge in [-0.25, -0.2) is 4.98 Å². The quantitative estimate of drug-likeness (QED) is 0.755. The second-order valence-electron chi connectivity index (χ2n) is 1.92. The molecule has 2 nitrogen and oxygen atoms in total. The van der Waals surface area contributed by atoms with Gasteiger partial charge >= 0.3 is 26.6 Å². The molecule has 0 aliphatic rings. The first-order valence-corrected chi connectivity index (χ1v) is 2.85. The van der Waals surface area contributed by atoms with Gasteiger partial charge in [0, 0.05) is 0 Å². The Kier molecular flexibility index (Phi) is 2.40. The molecule has 10 heavy (non-hydrogen) atoms. The fourth-order valence-corrected chi connectivity index (χ4v) is 0.880. The molecule has 3 heteroatoms. The van der Waals surface area contributed by atoms with Crippen molar-refractivity contribution in [1.29, 1.82) is 0 Å². The molecule has 0 radical (unpaired) electrons. The first-order valence-electron chi connectivity index (χ1n) is 2.85. The Hall–Kier alpha value is -0.414. The summed E-state index contributed by atoms with van der Waals surface area (Å²) in [5.74, 6) is 0. The van der Waals surface area contributed by atoms with Crippen molar-refractivity contribution in [3.05, 3.63) is 30.6 Å². The van der Waals surface area contributed by atoms with Crippen LogP contribution in [0, 0.1) is 0 Å². The maximum Gasteiger partial charge on any atom is 0.0931 e. The van der Waals surface area contributed by atoms with Crippen molar-refractivity contribution in [2.75, 3.05) is 0 Å². The van der Waals surface area contributed by atoms with Crippen LogP contribution in [0.3, 0.4) is 0 Å². The molecule has 1 N–H and O–H groups in total. The van der Waals surface area contributed by atoms with Crippen LogP contribution in [0.1, 0.15) is 0 Å². The van der Waals surface area contributed by atoms with Crippen molar-refractivity contribution in [3.8, 4) is 0 Å². The monoisotopic (exact) mass is 329 g/mol. The van der Waals surface area contributed by atoms with Gasteiger partial charge in [0.25, 0.3) is 0 Å². The third-order valence-corrected chi connectivity index (χ3v) is 1.33. The summed E-state index contributed by atoms with van der Waals surface area (Å²) in [7, 11) is 0. The number of para-hydroxylation sites is 2. The van der Waals surface area contributed by atoms with E-state index >= 15 is 0 Å². The number of aromatic nitrogens is 2. The number of rotatable bonds is 0. The number of nitrogens with one attached hydrogen (secondary N) is 1. The van der Waals surface area contributed by atoms with Crippen LogP contribution in [0.2, 0.25) is 0 Å². The van der Waals surface area contributed by atoms with E-state index < -0.39 is 0 Å². The van der Waals surface area contributed by atoms with Gasteiger partial charge in [0.2, 0.25) is 0 Å². The first-order chi connectivity index (χ1) is 4.47. The molecule has 0 aliphatic heterocycles. The molecular weight excluding hydrogens is 321 g/mol. The molecule has 0 unspecified atom stereocenters. The van der Waals surface area contributed by atoms with Crippen LogP contribution >= 0.6 is 0 Å². The molecule has 1 aromatic carbocycles. The van der Waals surface area contributed by atoms with Crippen molar-refractivity contribution in [3.63, 3.8) is 0 Å². The van der Waals surface area contributed by atoms with Gasteiger partial charge in [-0.05, 0) is 12.1 Å². The summed E-state index contributed by atoms with van der Waals surface area (Å²) in [6, 6.07) is 7.94. The van der Waals surface area contributed by atoms with Crippen molar-refractivity contribution < 1.29 is 0 Å². The van der Waals surface area contributed by atoms with Crippen LogP contribution in [-0.2, 0) is 0 Å². The predicted octanol–water partition coefficient (Wildman–Crippen LogP) is 0.647. The van der Waals surface area contributed by atoms with Crippen LogP contribution in [0.15, 0.2) is 30.6 Å². The number of H-pyrrole nitrogens is 1. The Bertz CT molecular complexity index is 286. The predicted molar refractivity (Wildman–Crippen MR) is 44.6 cm³/mol. The van der Waals surface area contributed by atoms with E-state index in [0.29, 0.717) is 0 Å². The van der Waals surface area contributed by atoms with E-state index in [1.807, 2.05) is 24.3 Å². The summed E-state index contributed by atoms with van der Waals surface area (Å²) in [5, 5.41) is 0. The standard InChI is InChI=1S/C7H6N2.Po.2H/c1-2-4-7-6(3-1)8-5-9-7;;;/h1-5H,(H,8,9);;;. The minimum absolute atomic E-state index is 0. The molecule has 0 saturated heterocycles. The van der Waals surface area contributed by atoms with E-state index in [2.05, 4.69) is 9.97 Å². The van der Waals surface area contributed by atoms with Gasteiger partial charge in [0.05, 0.1) is 17.4 Å². The third-order valence-electron chi connectivity index (χ3n) is 1.33. The van der Waals surface area contributed by atoms with Gasteiger partial charge in [-0.2, -0.15) is 0 Å². The van der Waals surface area contributed by atoms with E-state index in [0.717, 1.165) is 11.0 Å². The molecule has 0 aliphatic carbocycles. The average molecular weight is 329 g/mol. The van der Waals surface area contributed by atoms with Crippen molar-refractivity contribution in [2.24, 2.45) is 0 Å². The molecule has 1 heterocycles. The summed E-state index contributed by atoms with van der Waals surface area (Å²) < 4.78 is 0. The molecule has 2 rings (SSSR count). The topological polar surface area (TPSA) is 28.7 Å². The van der Waals surface area contributed by atoms with Crippen LogP contribution in [-0.4, -0.2) is 36.5 Å². The summed E-state index contributed by atoms with van der Waals surface area (Å²) in [6.07, 6.45) is 1.70. The van der Waals surface area contributed by atoms with Crippen LogP contribution < -0.4 is 0 Å². The Morgan fingerprint density at radius 3 is 2.80 bits per heavy atom. The van der Waals surface area contributed by atoms with E-state index in [9.17, 15) is 0 Å². The molecule has 52 valence electrons. The molecule has 0 amide bonds. The molecule has 2 aromatic rings. The fourth-order valence-electron chi connectivity index (χ4n) is 0.880. The molecule has 0 atom stereocenters. The maximum absolute atomic E-state index is 4.06. The van der Waals surface area contributed by atoms with Gasteiger partial charge in [-0.15, -0.1) is 0 Å². The SMILES string of the molecule is [PoH2].c1ccc2[nH]cnc2c1. The largest absolute Gasteiger partial charge is 0.345 e. The number of nitrogens with zero attached hydrogens (tertiary/aromatic N) is 1. The number of fused-ring (bicyclic) bond motifs is 1. The number of benzene rings is 1. The Labute approximate surface area is 78.1 Å². The molecule has 0 fully saturated rings. The third kappa shape index (κ3) is 1.20. The average Bonchev–Trinajstić information content (AvgIpc) is 2.33. The fraction of sp³-hybridized carbons (Fsp3) is 0. The smallest absolute Gasteiger partial charge is 0.0931 e. The van der Waals surface area contributed by atoms with Crippen molar-refractivity contribution in [2.45, 2.75) is 0 Å². The van der Waals surface area contributed by atoms with Crippen LogP contribution in [0.5, 0.6) is 0 Å². The van der Waals surface area contributed by atoms with Crippen molar-refractivity contribution in [1.82, 2.24) is 9.97 Å². The number of hydrogen-bond donors (Lipinski definition) is 1. The van der Waals surface area contributed by atoms with E-state index in [4.69, 9.17) is 0 Å². The van der Waals surface area contributed by atoms with Gasteiger partial charge in [-0.3, -0.25) is 0 Å². The molecule has 1 aromatic heterocycles. The molecule has 0 saturated carbocycles. The Morgan fingerprint density at radius 1 is 1.20 bits per heavy atom. The summed E-state index contributed by atoms with van der Waals surface area (Å²) in [5.41, 5.74) is 2.12. The Morgan fingerprint density at radius 2 is 2.00 bits per heavy atom. The second-order valence-corrected chi connectivity index (χ2v) is 1.92. The van der Waals surface area contributed by atoms with Gasteiger partial charge in [0.15, 0.2) is 0 Å². The number of imidazole rings is 1. The zero-order chi connectivity index (χ0) is 6.10. The van der Waals surface area contributed by atoms with E-state index in [-0.39, 0.29) is 26.6 Å². The normalized spacial score (nSPS) is 9.20. The first kappa shape index (κ1) is 7.69. The van der Waals surface area contributed by atoms with E-state index in [1.54, 1.807) is 6.33 Å². The van der Waals surface area contributed by atoms with Crippen molar-refractivity contribution >= 4 is 37.6 Å². The molecule has 0 spiro atoms. The maximum atomic E-state index is 4.06. The summed E-state index contributed by atoms with van der Waals surface area (Å²) >= 11 is 0.